The summed E-state index contributed by atoms with van der Waals surface area (Å²) in [5.74, 6) is -0.870. The van der Waals surface area contributed by atoms with Crippen LogP contribution in [0.25, 0.3) is 0 Å². The Morgan fingerprint density at radius 3 is 2.45 bits per heavy atom. The average Bonchev–Trinajstić information content (AvgIpc) is 2.43. The number of carbonyl (C=O) groups excluding carboxylic acids is 1. The van der Waals surface area contributed by atoms with Crippen molar-refractivity contribution in [2.45, 2.75) is 19.4 Å². The van der Waals surface area contributed by atoms with Crippen LogP contribution in [0.3, 0.4) is 0 Å². The molecule has 0 aromatic heterocycles. The van der Waals surface area contributed by atoms with E-state index >= 15 is 0 Å². The first-order chi connectivity index (χ1) is 9.67. The highest BCUT2D eigenvalue weighted by Gasteiger charge is 2.17. The Hall–Kier alpha value is -1.33. The van der Waals surface area contributed by atoms with Crippen molar-refractivity contribution < 1.29 is 13.6 Å². The topological polar surface area (TPSA) is 32.3 Å². The molecule has 0 atom stereocenters. The quantitative estimate of drug-likeness (QED) is 0.639. The van der Waals surface area contributed by atoms with E-state index in [1.54, 1.807) is 0 Å². The second-order valence-electron chi connectivity index (χ2n) is 5.27. The molecule has 1 aliphatic rings. The molecule has 0 saturated carbocycles. The number of nitrogens with zero attached hydrogens (tertiary/aromatic N) is 1. The Morgan fingerprint density at radius 1 is 1.20 bits per heavy atom. The zero-order chi connectivity index (χ0) is 14.4. The number of carbonyl (C=O) groups is 1. The minimum atomic E-state index is -0.544. The Balaban J connectivity index is 1.65. The number of halogens is 2. The fourth-order valence-corrected chi connectivity index (χ4v) is 2.50. The minimum Gasteiger partial charge on any atom is -0.311 e. The molecule has 1 aromatic carbocycles. The van der Waals surface area contributed by atoms with E-state index in [9.17, 15) is 13.6 Å². The van der Waals surface area contributed by atoms with Crippen LogP contribution < -0.4 is 5.32 Å². The van der Waals surface area contributed by atoms with Gasteiger partial charge in [-0.2, -0.15) is 0 Å². The van der Waals surface area contributed by atoms with Gasteiger partial charge in [0.15, 0.2) is 0 Å². The number of hydrogen-bond acceptors (Lipinski definition) is 3. The van der Waals surface area contributed by atoms with Crippen molar-refractivity contribution in [3.8, 4) is 0 Å². The summed E-state index contributed by atoms with van der Waals surface area (Å²) in [5, 5.41) is 3.18. The van der Waals surface area contributed by atoms with Crippen molar-refractivity contribution >= 4 is 6.29 Å². The maximum Gasteiger partial charge on any atom is 0.126 e. The molecule has 1 heterocycles. The summed E-state index contributed by atoms with van der Waals surface area (Å²) in [5.41, 5.74) is 0.613. The molecule has 3 nitrogen and oxygen atoms in total. The van der Waals surface area contributed by atoms with Gasteiger partial charge in [0.05, 0.1) is 0 Å². The summed E-state index contributed by atoms with van der Waals surface area (Å²) in [7, 11) is 0. The molecule has 0 unspecified atom stereocenters. The van der Waals surface area contributed by atoms with Gasteiger partial charge in [-0.05, 0) is 43.6 Å². The molecule has 0 aliphatic carbocycles. The van der Waals surface area contributed by atoms with Gasteiger partial charge in [0.25, 0.3) is 0 Å². The third-order valence-electron chi connectivity index (χ3n) is 3.68. The summed E-state index contributed by atoms with van der Waals surface area (Å²) < 4.78 is 26.0. The summed E-state index contributed by atoms with van der Waals surface area (Å²) in [6.45, 7) is 4.01. The number of likely N-dealkylation sites (tertiary alicyclic amines) is 1. The molecule has 1 saturated heterocycles. The molecule has 110 valence electrons. The number of nitrogens with one attached hydrogen (secondary N) is 1. The second kappa shape index (κ2) is 7.45. The van der Waals surface area contributed by atoms with Crippen LogP contribution >= 0.6 is 0 Å². The molecule has 1 aliphatic heterocycles. The fourth-order valence-electron chi connectivity index (χ4n) is 2.50. The van der Waals surface area contributed by atoms with Gasteiger partial charge in [0.1, 0.15) is 17.9 Å². The normalized spacial score (nSPS) is 17.3. The van der Waals surface area contributed by atoms with Crippen LogP contribution in [0.15, 0.2) is 18.2 Å². The van der Waals surface area contributed by atoms with Crippen LogP contribution in [0.5, 0.6) is 0 Å². The van der Waals surface area contributed by atoms with E-state index in [2.05, 4.69) is 10.2 Å². The van der Waals surface area contributed by atoms with Crippen molar-refractivity contribution in [1.82, 2.24) is 10.2 Å². The molecule has 1 N–H and O–H groups in total. The second-order valence-corrected chi connectivity index (χ2v) is 5.27. The van der Waals surface area contributed by atoms with Gasteiger partial charge in [-0.15, -0.1) is 0 Å². The average molecular weight is 282 g/mol. The zero-order valence-corrected chi connectivity index (χ0v) is 11.4. The standard InChI is InChI=1S/C15H20F2N2O/c16-14-7-13(8-15(17)9-14)10-18-3-6-19-4-1-12(11-20)2-5-19/h7-9,11-12,18H,1-6,10H2. The first-order valence-electron chi connectivity index (χ1n) is 7.00. The Labute approximate surface area is 118 Å². The van der Waals surface area contributed by atoms with Gasteiger partial charge < -0.3 is 15.0 Å². The molecule has 1 aromatic rings. The van der Waals surface area contributed by atoms with E-state index in [0.29, 0.717) is 12.1 Å². The van der Waals surface area contributed by atoms with E-state index in [4.69, 9.17) is 0 Å². The van der Waals surface area contributed by atoms with Crippen LogP contribution in [0.2, 0.25) is 0 Å². The van der Waals surface area contributed by atoms with Gasteiger partial charge >= 0.3 is 0 Å². The number of aldehydes is 1. The van der Waals surface area contributed by atoms with Crippen molar-refractivity contribution in [2.75, 3.05) is 26.2 Å². The molecule has 1 fully saturated rings. The van der Waals surface area contributed by atoms with Gasteiger partial charge in [-0.1, -0.05) is 0 Å². The molecule has 2 rings (SSSR count). The predicted octanol–water partition coefficient (Wildman–Crippen LogP) is 1.97. The van der Waals surface area contributed by atoms with Crippen molar-refractivity contribution in [3.63, 3.8) is 0 Å². The predicted molar refractivity (Wildman–Crippen MR) is 73.3 cm³/mol. The summed E-state index contributed by atoms with van der Waals surface area (Å²) in [6.07, 6.45) is 2.91. The molecule has 0 bridgehead atoms. The molecular weight excluding hydrogens is 262 g/mol. The first-order valence-corrected chi connectivity index (χ1v) is 7.00. The lowest BCUT2D eigenvalue weighted by atomic mass is 9.99. The van der Waals surface area contributed by atoms with E-state index < -0.39 is 11.6 Å². The highest BCUT2D eigenvalue weighted by Crippen LogP contribution is 2.14. The van der Waals surface area contributed by atoms with Gasteiger partial charge in [-0.3, -0.25) is 0 Å². The van der Waals surface area contributed by atoms with Crippen LogP contribution in [-0.2, 0) is 11.3 Å². The monoisotopic (exact) mass is 282 g/mol. The van der Waals surface area contributed by atoms with Crippen LogP contribution in [0.1, 0.15) is 18.4 Å². The van der Waals surface area contributed by atoms with Crippen molar-refractivity contribution in [2.24, 2.45) is 5.92 Å². The number of benzene rings is 1. The molecule has 0 radical (unpaired) electrons. The van der Waals surface area contributed by atoms with Gasteiger partial charge in [0.2, 0.25) is 0 Å². The summed E-state index contributed by atoms with van der Waals surface area (Å²) in [6, 6.07) is 3.55. The van der Waals surface area contributed by atoms with Crippen LogP contribution in [0.4, 0.5) is 8.78 Å². The summed E-state index contributed by atoms with van der Waals surface area (Å²) in [4.78, 5) is 13.0. The van der Waals surface area contributed by atoms with E-state index in [1.165, 1.54) is 12.1 Å². The highest BCUT2D eigenvalue weighted by molar-refractivity contribution is 5.53. The minimum absolute atomic E-state index is 0.217. The smallest absolute Gasteiger partial charge is 0.126 e. The molecular formula is C15H20F2N2O. The van der Waals surface area contributed by atoms with Gasteiger partial charge in [0, 0.05) is 31.6 Å². The SMILES string of the molecule is O=CC1CCN(CCNCc2cc(F)cc(F)c2)CC1. The Morgan fingerprint density at radius 2 is 1.85 bits per heavy atom. The number of rotatable bonds is 6. The molecule has 20 heavy (non-hydrogen) atoms. The lowest BCUT2D eigenvalue weighted by Crippen LogP contribution is -2.38. The maximum absolute atomic E-state index is 13.0. The fraction of sp³-hybridized carbons (Fsp3) is 0.533. The lowest BCUT2D eigenvalue weighted by Gasteiger charge is -2.29. The van der Waals surface area contributed by atoms with E-state index in [0.717, 1.165) is 51.4 Å². The lowest BCUT2D eigenvalue weighted by molar-refractivity contribution is -0.112. The highest BCUT2D eigenvalue weighted by atomic mass is 19.1. The number of piperidine rings is 1. The van der Waals surface area contributed by atoms with Crippen LogP contribution in [-0.4, -0.2) is 37.4 Å². The molecule has 0 spiro atoms. The van der Waals surface area contributed by atoms with Gasteiger partial charge in [-0.25, -0.2) is 8.78 Å². The molecule has 5 heteroatoms. The Kier molecular flexibility index (Phi) is 5.61. The summed E-state index contributed by atoms with van der Waals surface area (Å²) >= 11 is 0. The number of hydrogen-bond donors (Lipinski definition) is 1. The largest absolute Gasteiger partial charge is 0.311 e. The van der Waals surface area contributed by atoms with Crippen molar-refractivity contribution in [3.05, 3.63) is 35.4 Å². The molecule has 0 amide bonds. The Bertz CT molecular complexity index is 425. The zero-order valence-electron chi connectivity index (χ0n) is 11.4. The third kappa shape index (κ3) is 4.65. The van der Waals surface area contributed by atoms with E-state index in [1.807, 2.05) is 0 Å². The van der Waals surface area contributed by atoms with Crippen LogP contribution in [0, 0.1) is 17.6 Å². The maximum atomic E-state index is 13.0. The van der Waals surface area contributed by atoms with Crippen molar-refractivity contribution in [1.29, 1.82) is 0 Å². The van der Waals surface area contributed by atoms with E-state index in [-0.39, 0.29) is 5.92 Å². The first kappa shape index (κ1) is 15.1. The third-order valence-corrected chi connectivity index (χ3v) is 3.68.